The maximum atomic E-state index is 10.7. The Kier molecular flexibility index (Phi) is 4.30. The summed E-state index contributed by atoms with van der Waals surface area (Å²) >= 11 is 0. The number of anilines is 1. The molecule has 21 heavy (non-hydrogen) atoms. The zero-order chi connectivity index (χ0) is 15.4. The van der Waals surface area contributed by atoms with E-state index < -0.39 is 10.9 Å². The zero-order valence-electron chi connectivity index (χ0n) is 11.1. The number of rotatable bonds is 4. The first-order valence-corrected chi connectivity index (χ1v) is 6.25. The fourth-order valence-electron chi connectivity index (χ4n) is 2.19. The van der Waals surface area contributed by atoms with Gasteiger partial charge in [-0.15, -0.1) is 0 Å². The quantitative estimate of drug-likeness (QED) is 0.610. The molecule has 0 radical (unpaired) electrons. The van der Waals surface area contributed by atoms with Crippen LogP contribution in [0.5, 0.6) is 0 Å². The Morgan fingerprint density at radius 2 is 2.14 bits per heavy atom. The van der Waals surface area contributed by atoms with Crippen molar-refractivity contribution in [3.63, 3.8) is 0 Å². The van der Waals surface area contributed by atoms with Crippen LogP contribution in [0.2, 0.25) is 0 Å². The maximum absolute atomic E-state index is 10.7. The molecule has 1 aliphatic heterocycles. The highest BCUT2D eigenvalue weighted by Gasteiger charge is 2.23. The second-order valence-electron chi connectivity index (χ2n) is 4.59. The molecular formula is C12H13N5O4. The summed E-state index contributed by atoms with van der Waals surface area (Å²) < 4.78 is 0. The Labute approximate surface area is 120 Å². The van der Waals surface area contributed by atoms with Gasteiger partial charge in [0.15, 0.2) is 0 Å². The lowest BCUT2D eigenvalue weighted by Gasteiger charge is -2.34. The third-order valence-electron chi connectivity index (χ3n) is 3.21. The Bertz CT molecular complexity index is 604. The molecule has 0 saturated carbocycles. The normalized spacial score (nSPS) is 15.5. The van der Waals surface area contributed by atoms with Gasteiger partial charge in [0.1, 0.15) is 23.6 Å². The minimum absolute atomic E-state index is 0.0212. The van der Waals surface area contributed by atoms with E-state index in [0.29, 0.717) is 32.0 Å². The number of nitro groups is 1. The van der Waals surface area contributed by atoms with Crippen LogP contribution in [-0.4, -0.2) is 58.6 Å². The molecular weight excluding hydrogens is 278 g/mol. The van der Waals surface area contributed by atoms with E-state index in [2.05, 4.69) is 4.98 Å². The summed E-state index contributed by atoms with van der Waals surface area (Å²) in [4.78, 5) is 28.4. The molecule has 1 saturated heterocycles. The second-order valence-corrected chi connectivity index (χ2v) is 4.59. The lowest BCUT2D eigenvalue weighted by molar-refractivity contribution is -0.385. The number of hydrogen-bond donors (Lipinski definition) is 1. The van der Waals surface area contributed by atoms with E-state index in [1.165, 1.54) is 6.07 Å². The molecule has 110 valence electrons. The Balaban J connectivity index is 2.12. The standard InChI is InChI=1S/C12H13N5O4/c13-6-9-5-10(17(20)21)7-14-12(9)16-3-1-15(2-4-16)8-11(18)19/h5,7H,1-4,8H2,(H,18,19). The summed E-state index contributed by atoms with van der Waals surface area (Å²) in [5, 5.41) is 28.5. The van der Waals surface area contributed by atoms with Crippen molar-refractivity contribution < 1.29 is 14.8 Å². The number of carbonyl (C=O) groups is 1. The number of aromatic nitrogens is 1. The molecule has 1 aromatic heterocycles. The number of carboxylic acids is 1. The fraction of sp³-hybridized carbons (Fsp3) is 0.417. The van der Waals surface area contributed by atoms with E-state index in [-0.39, 0.29) is 17.8 Å². The first-order chi connectivity index (χ1) is 10.0. The van der Waals surface area contributed by atoms with E-state index in [4.69, 9.17) is 10.4 Å². The van der Waals surface area contributed by atoms with Crippen molar-refractivity contribution in [2.45, 2.75) is 0 Å². The number of nitriles is 1. The lowest BCUT2D eigenvalue weighted by atomic mass is 10.2. The van der Waals surface area contributed by atoms with Gasteiger partial charge in [-0.05, 0) is 0 Å². The molecule has 9 nitrogen and oxygen atoms in total. The van der Waals surface area contributed by atoms with Crippen molar-refractivity contribution >= 4 is 17.5 Å². The summed E-state index contributed by atoms with van der Waals surface area (Å²) in [5.41, 5.74) is -0.0734. The smallest absolute Gasteiger partial charge is 0.317 e. The van der Waals surface area contributed by atoms with E-state index >= 15 is 0 Å². The molecule has 2 heterocycles. The van der Waals surface area contributed by atoms with E-state index in [0.717, 1.165) is 6.20 Å². The summed E-state index contributed by atoms with van der Waals surface area (Å²) in [6, 6.07) is 3.12. The molecule has 0 spiro atoms. The second kappa shape index (κ2) is 6.15. The van der Waals surface area contributed by atoms with E-state index in [1.807, 2.05) is 11.0 Å². The van der Waals surface area contributed by atoms with E-state index in [9.17, 15) is 14.9 Å². The van der Waals surface area contributed by atoms with Gasteiger partial charge >= 0.3 is 5.97 Å². The molecule has 0 unspecified atom stereocenters. The first-order valence-electron chi connectivity index (χ1n) is 6.25. The molecule has 0 amide bonds. The van der Waals surface area contributed by atoms with Crippen LogP contribution in [0.3, 0.4) is 0 Å². The topological polar surface area (TPSA) is 124 Å². The van der Waals surface area contributed by atoms with Crippen LogP contribution in [0.1, 0.15) is 5.56 Å². The molecule has 0 atom stereocenters. The van der Waals surface area contributed by atoms with Crippen LogP contribution in [0.15, 0.2) is 12.3 Å². The minimum Gasteiger partial charge on any atom is -0.480 e. The molecule has 2 rings (SSSR count). The molecule has 1 N–H and O–H groups in total. The average Bonchev–Trinajstić information content (AvgIpc) is 2.46. The van der Waals surface area contributed by atoms with E-state index in [1.54, 1.807) is 4.90 Å². The van der Waals surface area contributed by atoms with Gasteiger partial charge in [0.05, 0.1) is 11.5 Å². The Morgan fingerprint density at radius 1 is 1.48 bits per heavy atom. The predicted octanol–water partition coefficient (Wildman–Crippen LogP) is 0.0681. The lowest BCUT2D eigenvalue weighted by Crippen LogP contribution is -2.48. The van der Waals surface area contributed by atoms with Gasteiger partial charge in [-0.2, -0.15) is 5.26 Å². The molecule has 0 aliphatic carbocycles. The maximum Gasteiger partial charge on any atom is 0.317 e. The molecule has 9 heteroatoms. The number of piperazine rings is 1. The zero-order valence-corrected chi connectivity index (χ0v) is 11.1. The average molecular weight is 291 g/mol. The summed E-state index contributed by atoms with van der Waals surface area (Å²) in [6.07, 6.45) is 1.12. The largest absolute Gasteiger partial charge is 0.480 e. The molecule has 0 aromatic carbocycles. The number of pyridine rings is 1. The van der Waals surface area contributed by atoms with Crippen LogP contribution in [0, 0.1) is 21.4 Å². The van der Waals surface area contributed by atoms with Crippen molar-refractivity contribution in [3.8, 4) is 6.07 Å². The van der Waals surface area contributed by atoms with Crippen molar-refractivity contribution in [2.75, 3.05) is 37.6 Å². The summed E-state index contributed by atoms with van der Waals surface area (Å²) in [7, 11) is 0. The third kappa shape index (κ3) is 3.43. The van der Waals surface area contributed by atoms with Gasteiger partial charge in [-0.25, -0.2) is 4.98 Å². The van der Waals surface area contributed by atoms with Gasteiger partial charge in [0.25, 0.3) is 5.69 Å². The molecule has 1 aromatic rings. The number of hydrogen-bond acceptors (Lipinski definition) is 7. The van der Waals surface area contributed by atoms with Crippen LogP contribution < -0.4 is 4.90 Å². The van der Waals surface area contributed by atoms with Crippen LogP contribution in [0.4, 0.5) is 11.5 Å². The van der Waals surface area contributed by atoms with Crippen molar-refractivity contribution in [2.24, 2.45) is 0 Å². The SMILES string of the molecule is N#Cc1cc([N+](=O)[O-])cnc1N1CCN(CC(=O)O)CC1. The van der Waals surface area contributed by atoms with Gasteiger partial charge in [-0.1, -0.05) is 0 Å². The van der Waals surface area contributed by atoms with Crippen LogP contribution in [0.25, 0.3) is 0 Å². The summed E-state index contributed by atoms with van der Waals surface area (Å²) in [5.74, 6) is -0.479. The molecule has 0 bridgehead atoms. The van der Waals surface area contributed by atoms with Gasteiger partial charge in [0, 0.05) is 32.2 Å². The predicted molar refractivity (Wildman–Crippen MR) is 71.9 cm³/mol. The Morgan fingerprint density at radius 3 is 2.67 bits per heavy atom. The number of aliphatic carboxylic acids is 1. The highest BCUT2D eigenvalue weighted by Crippen LogP contribution is 2.22. The van der Waals surface area contributed by atoms with Crippen molar-refractivity contribution in [1.82, 2.24) is 9.88 Å². The first kappa shape index (κ1) is 14.7. The molecule has 1 fully saturated rings. The monoisotopic (exact) mass is 291 g/mol. The van der Waals surface area contributed by atoms with Gasteiger partial charge in [0.2, 0.25) is 0 Å². The summed E-state index contributed by atoms with van der Waals surface area (Å²) in [6.45, 7) is 2.10. The number of carboxylic acid groups (broad SMARTS) is 1. The minimum atomic E-state index is -0.880. The molecule has 1 aliphatic rings. The van der Waals surface area contributed by atoms with Crippen LogP contribution in [-0.2, 0) is 4.79 Å². The van der Waals surface area contributed by atoms with Gasteiger partial charge < -0.3 is 10.0 Å². The number of nitrogens with zero attached hydrogens (tertiary/aromatic N) is 5. The Hall–Kier alpha value is -2.73. The third-order valence-corrected chi connectivity index (χ3v) is 3.21. The van der Waals surface area contributed by atoms with Gasteiger partial charge in [-0.3, -0.25) is 19.8 Å². The van der Waals surface area contributed by atoms with Crippen molar-refractivity contribution in [1.29, 1.82) is 5.26 Å². The van der Waals surface area contributed by atoms with Crippen LogP contribution >= 0.6 is 0 Å². The van der Waals surface area contributed by atoms with Crippen molar-refractivity contribution in [3.05, 3.63) is 27.9 Å². The highest BCUT2D eigenvalue weighted by atomic mass is 16.6. The highest BCUT2D eigenvalue weighted by molar-refractivity contribution is 5.69. The fourth-order valence-corrected chi connectivity index (χ4v) is 2.19.